The molecule has 1 amide bonds. The van der Waals surface area contributed by atoms with Gasteiger partial charge in [-0.15, -0.1) is 0 Å². The van der Waals surface area contributed by atoms with Crippen molar-refractivity contribution >= 4 is 11.6 Å². The summed E-state index contributed by atoms with van der Waals surface area (Å²) in [6.07, 6.45) is 10.2. The zero-order valence-electron chi connectivity index (χ0n) is 17.6. The van der Waals surface area contributed by atoms with E-state index >= 15 is 0 Å². The molecule has 1 N–H and O–H groups in total. The Balaban J connectivity index is 1.67. The Morgan fingerprint density at radius 3 is 2.90 bits per heavy atom. The molecule has 2 fully saturated rings. The second kappa shape index (κ2) is 8.86. The minimum atomic E-state index is -0.0728. The number of hydrogen-bond acceptors (Lipinski definition) is 4. The Labute approximate surface area is 177 Å². The number of likely N-dealkylation sites (tertiary alicyclic amines) is 1. The molecule has 0 spiro atoms. The van der Waals surface area contributed by atoms with E-state index in [0.717, 1.165) is 49.2 Å². The van der Waals surface area contributed by atoms with Gasteiger partial charge >= 0.3 is 0 Å². The molecule has 3 heterocycles. The van der Waals surface area contributed by atoms with E-state index in [2.05, 4.69) is 34.4 Å². The molecule has 158 valence electrons. The SMILES string of the molecule is C=CC(=O)N1CCC[C@H](N(CC2CC2)c2cc(-c3ccnc(CC)c3)c[nH]c2=O)C1. The highest BCUT2D eigenvalue weighted by atomic mass is 16.2. The van der Waals surface area contributed by atoms with Crippen LogP contribution in [0.5, 0.6) is 0 Å². The third-order valence-corrected chi connectivity index (χ3v) is 6.18. The van der Waals surface area contributed by atoms with Crippen molar-refractivity contribution in [3.8, 4) is 11.1 Å². The van der Waals surface area contributed by atoms with E-state index in [4.69, 9.17) is 0 Å². The minimum Gasteiger partial charge on any atom is -0.362 e. The Bertz CT molecular complexity index is 979. The lowest BCUT2D eigenvalue weighted by molar-refractivity contribution is -0.127. The van der Waals surface area contributed by atoms with Crippen LogP contribution in [0.4, 0.5) is 5.69 Å². The number of aromatic amines is 1. The number of carbonyl (C=O) groups is 1. The van der Waals surface area contributed by atoms with Crippen LogP contribution in [-0.2, 0) is 11.2 Å². The Morgan fingerprint density at radius 2 is 2.17 bits per heavy atom. The van der Waals surface area contributed by atoms with Crippen molar-refractivity contribution in [1.82, 2.24) is 14.9 Å². The van der Waals surface area contributed by atoms with Crippen LogP contribution in [0.3, 0.4) is 0 Å². The summed E-state index contributed by atoms with van der Waals surface area (Å²) < 4.78 is 0. The highest BCUT2D eigenvalue weighted by Gasteiger charge is 2.33. The summed E-state index contributed by atoms with van der Waals surface area (Å²) in [6, 6.07) is 6.20. The first kappa shape index (κ1) is 20.4. The summed E-state index contributed by atoms with van der Waals surface area (Å²) in [6.45, 7) is 7.97. The van der Waals surface area contributed by atoms with Gasteiger partial charge in [-0.1, -0.05) is 13.5 Å². The maximum Gasteiger partial charge on any atom is 0.271 e. The van der Waals surface area contributed by atoms with Gasteiger partial charge in [-0.2, -0.15) is 0 Å². The molecule has 0 unspecified atom stereocenters. The first-order chi connectivity index (χ1) is 14.6. The quantitative estimate of drug-likeness (QED) is 0.716. The summed E-state index contributed by atoms with van der Waals surface area (Å²) in [5.74, 6) is 0.601. The Morgan fingerprint density at radius 1 is 1.33 bits per heavy atom. The average Bonchev–Trinajstić information content (AvgIpc) is 3.62. The molecule has 1 saturated heterocycles. The number of nitrogens with zero attached hydrogens (tertiary/aromatic N) is 3. The molecule has 0 radical (unpaired) electrons. The van der Waals surface area contributed by atoms with Crippen LogP contribution in [0.15, 0.2) is 48.0 Å². The summed E-state index contributed by atoms with van der Waals surface area (Å²) in [5.41, 5.74) is 3.69. The van der Waals surface area contributed by atoms with E-state index in [-0.39, 0.29) is 17.5 Å². The van der Waals surface area contributed by atoms with Crippen molar-refractivity contribution < 1.29 is 4.79 Å². The Kier molecular flexibility index (Phi) is 6.02. The molecule has 30 heavy (non-hydrogen) atoms. The molecule has 1 aliphatic carbocycles. The van der Waals surface area contributed by atoms with E-state index in [0.29, 0.717) is 18.2 Å². The zero-order valence-corrected chi connectivity index (χ0v) is 17.6. The van der Waals surface area contributed by atoms with Gasteiger partial charge in [-0.05, 0) is 67.9 Å². The molecule has 1 atom stereocenters. The van der Waals surface area contributed by atoms with Gasteiger partial charge in [-0.25, -0.2) is 0 Å². The molecular weight excluding hydrogens is 376 g/mol. The number of carbonyl (C=O) groups excluding carboxylic acids is 1. The molecule has 0 aromatic carbocycles. The van der Waals surface area contributed by atoms with Gasteiger partial charge in [0.25, 0.3) is 5.56 Å². The molecule has 2 aromatic rings. The lowest BCUT2D eigenvalue weighted by Gasteiger charge is -2.40. The molecule has 2 aromatic heterocycles. The van der Waals surface area contributed by atoms with E-state index in [1.807, 2.05) is 23.2 Å². The van der Waals surface area contributed by atoms with Gasteiger partial charge in [0.15, 0.2) is 0 Å². The standard InChI is InChI=1S/C24H30N4O2/c1-3-20-12-18(9-10-25-20)19-13-22(24(30)26-14-19)28(15-17-7-8-17)21-6-5-11-27(16-21)23(29)4-2/h4,9-10,12-14,17,21H,2-3,5-8,11,15-16H2,1H3,(H,26,30)/t21-/m0/s1. The second-order valence-electron chi connectivity index (χ2n) is 8.37. The summed E-state index contributed by atoms with van der Waals surface area (Å²) in [4.78, 5) is 36.5. The molecule has 2 aliphatic rings. The molecule has 4 rings (SSSR count). The number of aryl methyl sites for hydroxylation is 1. The molecule has 6 nitrogen and oxygen atoms in total. The van der Waals surface area contributed by atoms with Gasteiger partial charge in [-0.3, -0.25) is 14.6 Å². The second-order valence-corrected chi connectivity index (χ2v) is 8.37. The van der Waals surface area contributed by atoms with Crippen LogP contribution in [-0.4, -0.2) is 46.5 Å². The van der Waals surface area contributed by atoms with Crippen molar-refractivity contribution in [1.29, 1.82) is 0 Å². The van der Waals surface area contributed by atoms with E-state index in [1.54, 1.807) is 6.20 Å². The number of piperidine rings is 1. The minimum absolute atomic E-state index is 0.0300. The third kappa shape index (κ3) is 4.48. The van der Waals surface area contributed by atoms with Gasteiger partial charge in [0.1, 0.15) is 5.69 Å². The maximum absolute atomic E-state index is 12.9. The van der Waals surface area contributed by atoms with Crippen molar-refractivity contribution in [2.75, 3.05) is 24.5 Å². The number of H-pyrrole nitrogens is 1. The first-order valence-electron chi connectivity index (χ1n) is 10.9. The highest BCUT2D eigenvalue weighted by molar-refractivity contribution is 5.87. The summed E-state index contributed by atoms with van der Waals surface area (Å²) >= 11 is 0. The zero-order chi connectivity index (χ0) is 21.1. The topological polar surface area (TPSA) is 69.3 Å². The summed E-state index contributed by atoms with van der Waals surface area (Å²) in [5, 5.41) is 0. The van der Waals surface area contributed by atoms with Crippen LogP contribution >= 0.6 is 0 Å². The summed E-state index contributed by atoms with van der Waals surface area (Å²) in [7, 11) is 0. The van der Waals surface area contributed by atoms with Crippen LogP contribution in [0.25, 0.3) is 11.1 Å². The maximum atomic E-state index is 12.9. The molecule has 0 bridgehead atoms. The molecular formula is C24H30N4O2. The molecule has 1 saturated carbocycles. The number of anilines is 1. The van der Waals surface area contributed by atoms with Gasteiger partial charge in [0.05, 0.1) is 0 Å². The van der Waals surface area contributed by atoms with Crippen LogP contribution in [0, 0.1) is 5.92 Å². The van der Waals surface area contributed by atoms with E-state index in [9.17, 15) is 9.59 Å². The highest BCUT2D eigenvalue weighted by Crippen LogP contribution is 2.34. The number of aromatic nitrogens is 2. The smallest absolute Gasteiger partial charge is 0.271 e. The number of amides is 1. The Hall–Kier alpha value is -2.89. The first-order valence-corrected chi connectivity index (χ1v) is 10.9. The van der Waals surface area contributed by atoms with Crippen LogP contribution < -0.4 is 10.5 Å². The number of hydrogen-bond donors (Lipinski definition) is 1. The van der Waals surface area contributed by atoms with Crippen molar-refractivity contribution in [2.24, 2.45) is 5.92 Å². The average molecular weight is 407 g/mol. The third-order valence-electron chi connectivity index (χ3n) is 6.18. The van der Waals surface area contributed by atoms with Crippen molar-refractivity contribution in [3.63, 3.8) is 0 Å². The van der Waals surface area contributed by atoms with Crippen LogP contribution in [0.2, 0.25) is 0 Å². The van der Waals surface area contributed by atoms with Crippen LogP contribution in [0.1, 0.15) is 38.3 Å². The lowest BCUT2D eigenvalue weighted by Crippen LogP contribution is -2.51. The fourth-order valence-corrected chi connectivity index (χ4v) is 4.26. The largest absolute Gasteiger partial charge is 0.362 e. The lowest BCUT2D eigenvalue weighted by atomic mass is 10.0. The fourth-order valence-electron chi connectivity index (χ4n) is 4.26. The fraction of sp³-hybridized carbons (Fsp3) is 0.458. The monoisotopic (exact) mass is 406 g/mol. The van der Waals surface area contributed by atoms with Gasteiger partial charge < -0.3 is 14.8 Å². The van der Waals surface area contributed by atoms with Gasteiger partial charge in [0, 0.05) is 49.3 Å². The number of nitrogens with one attached hydrogen (secondary N) is 1. The van der Waals surface area contributed by atoms with Crippen molar-refractivity contribution in [3.05, 3.63) is 59.3 Å². The van der Waals surface area contributed by atoms with E-state index < -0.39 is 0 Å². The van der Waals surface area contributed by atoms with E-state index in [1.165, 1.54) is 18.9 Å². The number of pyridine rings is 2. The molecule has 1 aliphatic heterocycles. The predicted octanol–water partition coefficient (Wildman–Crippen LogP) is 3.39. The predicted molar refractivity (Wildman–Crippen MR) is 120 cm³/mol. The van der Waals surface area contributed by atoms with Crippen molar-refractivity contribution in [2.45, 2.75) is 45.1 Å². The molecule has 6 heteroatoms. The van der Waals surface area contributed by atoms with Gasteiger partial charge in [0.2, 0.25) is 5.91 Å². The number of rotatable bonds is 7. The normalized spacial score (nSPS) is 18.8.